The molecule has 0 heterocycles. The Balaban J connectivity index is 0.912. The molecule has 62 heavy (non-hydrogen) atoms. The van der Waals surface area contributed by atoms with E-state index < -0.39 is 5.97 Å². The maximum Gasteiger partial charge on any atom is 0.407 e. The van der Waals surface area contributed by atoms with E-state index in [0.717, 1.165) is 54.8 Å². The number of nitrogens with one attached hydrogen (secondary N) is 2. The number of ether oxygens (including phenoxy) is 8. The van der Waals surface area contributed by atoms with E-state index in [-0.39, 0.29) is 36.4 Å². The number of allylic oxidation sites excluding steroid dienone is 1. The first kappa shape index (κ1) is 52.3. The van der Waals surface area contributed by atoms with Crippen LogP contribution in [0.25, 0.3) is 0 Å². The van der Waals surface area contributed by atoms with Crippen molar-refractivity contribution in [2.45, 2.75) is 124 Å². The normalized spacial score (nSPS) is 27.2. The number of fused-ring (bicyclic) bond motifs is 5. The largest absolute Gasteiger partial charge is 0.481 e. The number of carbonyl (C=O) groups is 3. The van der Waals surface area contributed by atoms with Crippen molar-refractivity contribution in [3.63, 3.8) is 0 Å². The molecule has 0 radical (unpaired) electrons. The second-order valence-corrected chi connectivity index (χ2v) is 19.0. The number of carboxylic acids is 1. The molecule has 4 aliphatic rings. The van der Waals surface area contributed by atoms with Gasteiger partial charge in [0.15, 0.2) is 0 Å². The summed E-state index contributed by atoms with van der Waals surface area (Å²) < 4.78 is 44.4. The van der Waals surface area contributed by atoms with Crippen LogP contribution in [0, 0.1) is 46.3 Å². The van der Waals surface area contributed by atoms with Crippen LogP contribution >= 0.6 is 0 Å². The van der Waals surface area contributed by atoms with Crippen molar-refractivity contribution in [3.8, 4) is 0 Å². The third-order valence-electron chi connectivity index (χ3n) is 14.4. The molecule has 3 fully saturated rings. The molecule has 8 unspecified atom stereocenters. The van der Waals surface area contributed by atoms with Gasteiger partial charge in [-0.15, -0.1) is 0 Å². The molecule has 2 amide bonds. The number of alkyl carbamates (subject to hydrolysis) is 1. The van der Waals surface area contributed by atoms with Gasteiger partial charge in [-0.3, -0.25) is 9.59 Å². The Morgan fingerprint density at radius 3 is 1.77 bits per heavy atom. The van der Waals surface area contributed by atoms with Gasteiger partial charge < -0.3 is 53.6 Å². The van der Waals surface area contributed by atoms with E-state index in [9.17, 15) is 14.4 Å². The van der Waals surface area contributed by atoms with Gasteiger partial charge in [0.05, 0.1) is 98.9 Å². The van der Waals surface area contributed by atoms with Crippen molar-refractivity contribution in [1.29, 1.82) is 0 Å². The highest BCUT2D eigenvalue weighted by molar-refractivity contribution is 5.80. The van der Waals surface area contributed by atoms with Crippen LogP contribution in [0.2, 0.25) is 0 Å². The highest BCUT2D eigenvalue weighted by Crippen LogP contribution is 2.67. The van der Waals surface area contributed by atoms with E-state index in [1.807, 2.05) is 0 Å². The number of carbonyl (C=O) groups excluding carboxylic acids is 2. The van der Waals surface area contributed by atoms with Gasteiger partial charge in [0.2, 0.25) is 5.91 Å². The minimum Gasteiger partial charge on any atom is -0.481 e. The molecular weight excluding hydrogens is 797 g/mol. The Morgan fingerprint density at radius 2 is 1.23 bits per heavy atom. The van der Waals surface area contributed by atoms with Crippen LogP contribution in [-0.4, -0.2) is 135 Å². The Hall–Kier alpha value is -2.33. The quantitative estimate of drug-likeness (QED) is 0.0448. The first-order chi connectivity index (χ1) is 29.9. The lowest BCUT2D eigenvalue weighted by Crippen LogP contribution is -2.51. The molecule has 14 nitrogen and oxygen atoms in total. The van der Waals surface area contributed by atoms with Gasteiger partial charge in [0.25, 0.3) is 0 Å². The van der Waals surface area contributed by atoms with E-state index in [1.54, 1.807) is 5.57 Å². The summed E-state index contributed by atoms with van der Waals surface area (Å²) in [5, 5.41) is 14.0. The first-order valence-electron chi connectivity index (χ1n) is 24.1. The zero-order valence-corrected chi connectivity index (χ0v) is 39.1. The third-order valence-corrected chi connectivity index (χ3v) is 14.4. The van der Waals surface area contributed by atoms with Crippen LogP contribution in [0.5, 0.6) is 0 Å². The van der Waals surface area contributed by atoms with Crippen molar-refractivity contribution in [2.75, 3.05) is 106 Å². The van der Waals surface area contributed by atoms with Gasteiger partial charge in [0, 0.05) is 25.9 Å². The maximum atomic E-state index is 12.7. The monoisotopic (exact) mass is 881 g/mol. The average molecular weight is 881 g/mol. The van der Waals surface area contributed by atoms with Crippen LogP contribution in [0.1, 0.15) is 118 Å². The molecular formula is C48H84N2O12. The Kier molecular flexibility index (Phi) is 24.1. The predicted octanol–water partition coefficient (Wildman–Crippen LogP) is 7.22. The van der Waals surface area contributed by atoms with Crippen LogP contribution in [-0.2, 0) is 47.5 Å². The van der Waals surface area contributed by atoms with Gasteiger partial charge in [0.1, 0.15) is 6.10 Å². The number of hydrogen-bond acceptors (Lipinski definition) is 11. The lowest BCUT2D eigenvalue weighted by Gasteiger charge is -2.58. The smallest absolute Gasteiger partial charge is 0.407 e. The summed E-state index contributed by atoms with van der Waals surface area (Å²) in [6.07, 6.45) is 15.8. The molecule has 4 rings (SSSR count). The van der Waals surface area contributed by atoms with Gasteiger partial charge >= 0.3 is 12.1 Å². The lowest BCUT2D eigenvalue weighted by atomic mass is 9.47. The molecule has 0 aliphatic heterocycles. The number of amides is 2. The summed E-state index contributed by atoms with van der Waals surface area (Å²) in [6.45, 7) is 19.3. The fourth-order valence-corrected chi connectivity index (χ4v) is 11.2. The van der Waals surface area contributed by atoms with Crippen molar-refractivity contribution in [1.82, 2.24) is 10.6 Å². The summed E-state index contributed by atoms with van der Waals surface area (Å²) >= 11 is 0. The summed E-state index contributed by atoms with van der Waals surface area (Å²) in [7, 11) is 0. The molecule has 4 aliphatic carbocycles. The van der Waals surface area contributed by atoms with Crippen LogP contribution in [0.15, 0.2) is 11.6 Å². The molecule has 0 bridgehead atoms. The van der Waals surface area contributed by atoms with E-state index in [4.69, 9.17) is 43.0 Å². The summed E-state index contributed by atoms with van der Waals surface area (Å²) in [4.78, 5) is 34.5. The minimum absolute atomic E-state index is 0.0360. The van der Waals surface area contributed by atoms with Crippen LogP contribution in [0.4, 0.5) is 4.79 Å². The second kappa shape index (κ2) is 28.6. The molecule has 0 aromatic rings. The standard InChI is InChI=1S/C48H84N2O12/c1-36(2)7-6-8-37(3)41-11-12-42-40-10-9-38-35-39(15-17-47(38,4)43(40)16-18-48(41,42)5)62-46(54)50-20-22-56-24-26-58-28-30-60-32-34-61-33-31-59-29-27-57-25-23-55-21-19-49-44(51)13-14-45(52)53/h9,36-37,39-43H,6-8,10-35H2,1-5H3,(H,49,51)(H,50,54)(H,52,53). The number of aliphatic carboxylic acids is 1. The molecule has 14 heteroatoms. The summed E-state index contributed by atoms with van der Waals surface area (Å²) in [5.74, 6) is 3.65. The van der Waals surface area contributed by atoms with Gasteiger partial charge in [-0.05, 0) is 91.3 Å². The van der Waals surface area contributed by atoms with Gasteiger partial charge in [-0.25, -0.2) is 4.79 Å². The maximum absolute atomic E-state index is 12.7. The molecule has 358 valence electrons. The first-order valence-corrected chi connectivity index (χ1v) is 24.1. The van der Waals surface area contributed by atoms with Crippen LogP contribution < -0.4 is 10.6 Å². The minimum atomic E-state index is -0.995. The molecule has 3 N–H and O–H groups in total. The zero-order chi connectivity index (χ0) is 44.6. The SMILES string of the molecule is CC(C)CCCC(C)C1CCC2C3CC=C4CC(OC(=O)NCCOCCOCCOCCOCCOCCOCCOCCNC(=O)CCC(=O)O)CCC4(C)C3CCC12C. The number of carboxylic acid groups (broad SMARTS) is 1. The Morgan fingerprint density at radius 1 is 0.677 bits per heavy atom. The summed E-state index contributed by atoms with van der Waals surface area (Å²) in [5.41, 5.74) is 2.29. The zero-order valence-electron chi connectivity index (χ0n) is 39.1. The Bertz CT molecular complexity index is 1330. The van der Waals surface area contributed by atoms with Crippen molar-refractivity contribution in [3.05, 3.63) is 11.6 Å². The Labute approximate surface area is 372 Å². The van der Waals surface area contributed by atoms with E-state index >= 15 is 0 Å². The molecule has 0 saturated heterocycles. The van der Waals surface area contributed by atoms with E-state index in [2.05, 4.69) is 51.3 Å². The predicted molar refractivity (Wildman–Crippen MR) is 237 cm³/mol. The topological polar surface area (TPSA) is 169 Å². The molecule has 0 aromatic carbocycles. The molecule has 8 atom stereocenters. The summed E-state index contributed by atoms with van der Waals surface area (Å²) in [6, 6.07) is 0. The highest BCUT2D eigenvalue weighted by Gasteiger charge is 2.59. The second-order valence-electron chi connectivity index (χ2n) is 19.0. The van der Waals surface area contributed by atoms with E-state index in [1.165, 1.54) is 51.4 Å². The third kappa shape index (κ3) is 17.6. The highest BCUT2D eigenvalue weighted by atomic mass is 16.6. The van der Waals surface area contributed by atoms with Gasteiger partial charge in [-0.2, -0.15) is 0 Å². The lowest BCUT2D eigenvalue weighted by molar-refractivity contribution is -0.138. The number of hydrogen-bond donors (Lipinski definition) is 3. The molecule has 0 aromatic heterocycles. The van der Waals surface area contributed by atoms with Crippen molar-refractivity contribution in [2.24, 2.45) is 46.3 Å². The van der Waals surface area contributed by atoms with Gasteiger partial charge in [-0.1, -0.05) is 65.5 Å². The molecule has 3 saturated carbocycles. The fourth-order valence-electron chi connectivity index (χ4n) is 11.2. The van der Waals surface area contributed by atoms with Crippen molar-refractivity contribution >= 4 is 18.0 Å². The molecule has 0 spiro atoms. The average Bonchev–Trinajstić information content (AvgIpc) is 3.60. The van der Waals surface area contributed by atoms with E-state index in [0.29, 0.717) is 111 Å². The van der Waals surface area contributed by atoms with Crippen LogP contribution in [0.3, 0.4) is 0 Å². The number of rotatable bonds is 33. The fraction of sp³-hybridized carbons (Fsp3) is 0.896. The van der Waals surface area contributed by atoms with Crippen molar-refractivity contribution < 1.29 is 57.4 Å².